The number of rotatable bonds is 11. The minimum Gasteiger partial charge on any atom is -0.466 e. The van der Waals surface area contributed by atoms with Gasteiger partial charge < -0.3 is 25.1 Å². The van der Waals surface area contributed by atoms with Gasteiger partial charge in [-0.2, -0.15) is 0 Å². The number of furan rings is 1. The zero-order valence-corrected chi connectivity index (χ0v) is 15.6. The van der Waals surface area contributed by atoms with Gasteiger partial charge in [-0.3, -0.25) is 0 Å². The third-order valence-electron chi connectivity index (χ3n) is 4.03. The van der Waals surface area contributed by atoms with Crippen molar-refractivity contribution in [1.82, 2.24) is 15.5 Å². The molecule has 0 bridgehead atoms. The van der Waals surface area contributed by atoms with Crippen molar-refractivity contribution in [2.24, 2.45) is 4.99 Å². The maximum Gasteiger partial charge on any atom is 0.191 e. The number of hydrogen-bond donors (Lipinski definition) is 3. The summed E-state index contributed by atoms with van der Waals surface area (Å²) in [4.78, 5) is 6.91. The molecular formula is C18H34N4O2. The van der Waals surface area contributed by atoms with Gasteiger partial charge in [0.05, 0.1) is 12.8 Å². The molecule has 0 saturated heterocycles. The molecule has 1 unspecified atom stereocenters. The van der Waals surface area contributed by atoms with E-state index in [1.54, 1.807) is 25.3 Å². The van der Waals surface area contributed by atoms with E-state index in [9.17, 15) is 5.11 Å². The van der Waals surface area contributed by atoms with Crippen LogP contribution in [0.25, 0.3) is 0 Å². The smallest absolute Gasteiger partial charge is 0.191 e. The third kappa shape index (κ3) is 7.36. The van der Waals surface area contributed by atoms with E-state index in [-0.39, 0.29) is 6.54 Å². The molecule has 0 saturated carbocycles. The predicted molar refractivity (Wildman–Crippen MR) is 99.3 cm³/mol. The predicted octanol–water partition coefficient (Wildman–Crippen LogP) is 2.16. The van der Waals surface area contributed by atoms with Crippen LogP contribution in [0.15, 0.2) is 27.8 Å². The molecule has 0 aromatic carbocycles. The Morgan fingerprint density at radius 1 is 1.25 bits per heavy atom. The van der Waals surface area contributed by atoms with Crippen molar-refractivity contribution in [3.8, 4) is 0 Å². The lowest BCUT2D eigenvalue weighted by Crippen LogP contribution is -2.39. The summed E-state index contributed by atoms with van der Waals surface area (Å²) in [5.41, 5.74) is -1.10. The van der Waals surface area contributed by atoms with Crippen LogP contribution in [-0.2, 0) is 5.60 Å². The molecule has 6 heteroatoms. The van der Waals surface area contributed by atoms with E-state index in [2.05, 4.69) is 34.4 Å². The highest BCUT2D eigenvalue weighted by Gasteiger charge is 2.25. The number of nitrogens with zero attached hydrogens (tertiary/aromatic N) is 2. The van der Waals surface area contributed by atoms with Crippen LogP contribution < -0.4 is 10.6 Å². The molecule has 1 atom stereocenters. The fraction of sp³-hybridized carbons (Fsp3) is 0.722. The van der Waals surface area contributed by atoms with Crippen molar-refractivity contribution in [2.75, 3.05) is 39.3 Å². The van der Waals surface area contributed by atoms with Crippen molar-refractivity contribution in [3.05, 3.63) is 24.2 Å². The summed E-state index contributed by atoms with van der Waals surface area (Å²) in [5, 5.41) is 17.0. The van der Waals surface area contributed by atoms with Gasteiger partial charge in [0.25, 0.3) is 0 Å². The van der Waals surface area contributed by atoms with E-state index in [1.807, 2.05) is 6.92 Å². The van der Waals surface area contributed by atoms with Crippen LogP contribution >= 0.6 is 0 Å². The van der Waals surface area contributed by atoms with Gasteiger partial charge in [-0.15, -0.1) is 0 Å². The van der Waals surface area contributed by atoms with Crippen LogP contribution in [0.3, 0.4) is 0 Å². The van der Waals surface area contributed by atoms with Crippen molar-refractivity contribution >= 4 is 5.96 Å². The number of aliphatic imine (C=N–C) groups is 1. The first-order valence-corrected chi connectivity index (χ1v) is 9.04. The highest BCUT2D eigenvalue weighted by Crippen LogP contribution is 2.20. The highest BCUT2D eigenvalue weighted by molar-refractivity contribution is 5.79. The van der Waals surface area contributed by atoms with E-state index in [0.29, 0.717) is 5.76 Å². The maximum absolute atomic E-state index is 10.5. The fourth-order valence-electron chi connectivity index (χ4n) is 2.44. The molecule has 138 valence electrons. The number of aliphatic hydroxyl groups is 1. The minimum atomic E-state index is -1.10. The monoisotopic (exact) mass is 338 g/mol. The van der Waals surface area contributed by atoms with Gasteiger partial charge in [0.2, 0.25) is 0 Å². The highest BCUT2D eigenvalue weighted by atomic mass is 16.4. The van der Waals surface area contributed by atoms with Crippen LogP contribution in [0.1, 0.15) is 46.3 Å². The lowest BCUT2D eigenvalue weighted by atomic mass is 10.0. The Balaban J connectivity index is 2.40. The van der Waals surface area contributed by atoms with Gasteiger partial charge in [-0.25, -0.2) is 4.99 Å². The molecule has 0 fully saturated rings. The first-order valence-electron chi connectivity index (χ1n) is 9.04. The molecule has 1 aromatic heterocycles. The quantitative estimate of drug-likeness (QED) is 0.328. The number of hydrogen-bond acceptors (Lipinski definition) is 4. The Hall–Kier alpha value is -1.53. The summed E-state index contributed by atoms with van der Waals surface area (Å²) in [5.74, 6) is 1.26. The van der Waals surface area contributed by atoms with Crippen LogP contribution in [-0.4, -0.2) is 55.2 Å². The zero-order chi connectivity index (χ0) is 17.8. The largest absolute Gasteiger partial charge is 0.466 e. The summed E-state index contributed by atoms with van der Waals surface area (Å²) in [6.45, 7) is 13.4. The van der Waals surface area contributed by atoms with Crippen LogP contribution in [0, 0.1) is 0 Å². The summed E-state index contributed by atoms with van der Waals surface area (Å²) >= 11 is 0. The van der Waals surface area contributed by atoms with Gasteiger partial charge in [0.1, 0.15) is 11.4 Å². The molecule has 0 amide bonds. The Morgan fingerprint density at radius 2 is 2.00 bits per heavy atom. The Kier molecular flexibility index (Phi) is 9.49. The molecule has 0 aliphatic heterocycles. The maximum atomic E-state index is 10.5. The summed E-state index contributed by atoms with van der Waals surface area (Å²) in [6.07, 6.45) is 3.82. The topological polar surface area (TPSA) is 73.0 Å². The lowest BCUT2D eigenvalue weighted by Gasteiger charge is -2.20. The second kappa shape index (κ2) is 11.1. The zero-order valence-electron chi connectivity index (χ0n) is 15.6. The van der Waals surface area contributed by atoms with Gasteiger partial charge in [-0.1, -0.05) is 13.8 Å². The number of nitrogens with one attached hydrogen (secondary N) is 2. The van der Waals surface area contributed by atoms with E-state index in [4.69, 9.17) is 4.42 Å². The van der Waals surface area contributed by atoms with E-state index < -0.39 is 5.60 Å². The molecule has 0 spiro atoms. The van der Waals surface area contributed by atoms with Gasteiger partial charge in [0.15, 0.2) is 5.96 Å². The molecular weight excluding hydrogens is 304 g/mol. The molecule has 1 rings (SSSR count). The van der Waals surface area contributed by atoms with Crippen LogP contribution in [0.2, 0.25) is 0 Å². The van der Waals surface area contributed by atoms with Crippen molar-refractivity contribution in [3.63, 3.8) is 0 Å². The summed E-state index contributed by atoms with van der Waals surface area (Å²) in [7, 11) is 0. The third-order valence-corrected chi connectivity index (χ3v) is 4.03. The molecule has 1 heterocycles. The fourth-order valence-corrected chi connectivity index (χ4v) is 2.44. The first kappa shape index (κ1) is 20.5. The molecule has 24 heavy (non-hydrogen) atoms. The number of guanidine groups is 1. The number of unbranched alkanes of at least 4 members (excludes halogenated alkanes) is 1. The Morgan fingerprint density at radius 3 is 2.58 bits per heavy atom. The standard InChI is InChI=1S/C18H34N4O2/c1-5-19-17(20-12-8-9-13-22(6-2)7-3)21-15-18(4,23)16-11-10-14-24-16/h10-11,14,23H,5-9,12-13,15H2,1-4H3,(H2,19,20,21). The second-order valence-corrected chi connectivity index (χ2v) is 6.11. The molecule has 0 aliphatic rings. The van der Waals surface area contributed by atoms with E-state index in [0.717, 1.165) is 51.5 Å². The molecule has 0 aliphatic carbocycles. The molecule has 0 radical (unpaired) electrons. The molecule has 6 nitrogen and oxygen atoms in total. The Bertz CT molecular complexity index is 454. The van der Waals surface area contributed by atoms with E-state index >= 15 is 0 Å². The SMILES string of the molecule is CCNC(=NCC(C)(O)c1ccco1)NCCCCN(CC)CC. The Labute approximate surface area is 146 Å². The van der Waals surface area contributed by atoms with Crippen LogP contribution in [0.5, 0.6) is 0 Å². The van der Waals surface area contributed by atoms with Crippen LogP contribution in [0.4, 0.5) is 0 Å². The lowest BCUT2D eigenvalue weighted by molar-refractivity contribution is 0.0437. The second-order valence-electron chi connectivity index (χ2n) is 6.11. The normalized spacial score (nSPS) is 14.7. The van der Waals surface area contributed by atoms with Gasteiger partial charge in [0, 0.05) is 13.1 Å². The van der Waals surface area contributed by atoms with E-state index in [1.165, 1.54) is 0 Å². The molecule has 3 N–H and O–H groups in total. The first-order chi connectivity index (χ1) is 11.5. The van der Waals surface area contributed by atoms with Gasteiger partial charge in [-0.05, 0) is 58.5 Å². The van der Waals surface area contributed by atoms with Crippen molar-refractivity contribution in [2.45, 2.75) is 46.1 Å². The molecule has 1 aromatic rings. The van der Waals surface area contributed by atoms with Crippen molar-refractivity contribution < 1.29 is 9.52 Å². The average molecular weight is 338 g/mol. The van der Waals surface area contributed by atoms with Crippen molar-refractivity contribution in [1.29, 1.82) is 0 Å². The summed E-state index contributed by atoms with van der Waals surface area (Å²) in [6, 6.07) is 3.54. The average Bonchev–Trinajstić information content (AvgIpc) is 3.11. The van der Waals surface area contributed by atoms with Gasteiger partial charge >= 0.3 is 0 Å². The summed E-state index contributed by atoms with van der Waals surface area (Å²) < 4.78 is 5.28. The minimum absolute atomic E-state index is 0.245.